The van der Waals surface area contributed by atoms with Gasteiger partial charge in [-0.1, -0.05) is 0 Å². The Kier molecular flexibility index (Phi) is 5.41. The largest absolute Gasteiger partial charge is 0.389 e. The molecule has 2 amide bonds. The third-order valence-corrected chi connectivity index (χ3v) is 2.95. The molecule has 1 heterocycles. The van der Waals surface area contributed by atoms with Crippen LogP contribution in [-0.4, -0.2) is 53.5 Å². The van der Waals surface area contributed by atoms with E-state index >= 15 is 0 Å². The molecule has 5 nitrogen and oxygen atoms in total. The number of carbonyl (C=O) groups excluding carboxylic acids is 1. The van der Waals surface area contributed by atoms with Gasteiger partial charge in [-0.05, 0) is 40.5 Å². The fourth-order valence-corrected chi connectivity index (χ4v) is 2.01. The van der Waals surface area contributed by atoms with E-state index in [1.807, 2.05) is 13.8 Å². The van der Waals surface area contributed by atoms with Crippen LogP contribution >= 0.6 is 0 Å². The lowest BCUT2D eigenvalue weighted by atomic mass is 10.1. The Bertz CT molecular complexity index is 268. The zero-order valence-corrected chi connectivity index (χ0v) is 11.9. The fourth-order valence-electron chi connectivity index (χ4n) is 2.01. The summed E-state index contributed by atoms with van der Waals surface area (Å²) in [6.07, 6.45) is 2.22. The third-order valence-electron chi connectivity index (χ3n) is 2.95. The van der Waals surface area contributed by atoms with E-state index < -0.39 is 5.60 Å². The summed E-state index contributed by atoms with van der Waals surface area (Å²) >= 11 is 0. The smallest absolute Gasteiger partial charge is 0.317 e. The number of hydrogen-bond donors (Lipinski definition) is 2. The van der Waals surface area contributed by atoms with Gasteiger partial charge in [0.15, 0.2) is 0 Å². The quantitative estimate of drug-likeness (QED) is 0.782. The van der Waals surface area contributed by atoms with Crippen molar-refractivity contribution in [2.45, 2.75) is 58.3 Å². The molecule has 1 fully saturated rings. The van der Waals surface area contributed by atoms with E-state index in [0.717, 1.165) is 19.4 Å². The number of ether oxygens (including phenoxy) is 1. The van der Waals surface area contributed by atoms with E-state index in [1.165, 1.54) is 0 Å². The first-order valence-electron chi connectivity index (χ1n) is 6.68. The number of aliphatic hydroxyl groups is 1. The molecule has 1 rings (SSSR count). The lowest BCUT2D eigenvalue weighted by Gasteiger charge is -2.32. The van der Waals surface area contributed by atoms with Crippen LogP contribution in [0.3, 0.4) is 0 Å². The maximum absolute atomic E-state index is 12.1. The highest BCUT2D eigenvalue weighted by Gasteiger charge is 2.25. The topological polar surface area (TPSA) is 61.8 Å². The number of nitrogens with one attached hydrogen (secondary N) is 1. The van der Waals surface area contributed by atoms with Crippen molar-refractivity contribution in [3.8, 4) is 0 Å². The molecule has 0 aromatic heterocycles. The minimum atomic E-state index is -0.883. The predicted octanol–water partition coefficient (Wildman–Crippen LogP) is 1.36. The molecule has 0 aromatic rings. The Morgan fingerprint density at radius 1 is 1.56 bits per heavy atom. The highest BCUT2D eigenvalue weighted by atomic mass is 16.5. The second-order valence-electron chi connectivity index (χ2n) is 5.86. The van der Waals surface area contributed by atoms with Gasteiger partial charge in [0.1, 0.15) is 0 Å². The zero-order chi connectivity index (χ0) is 13.8. The molecule has 0 bridgehead atoms. The van der Waals surface area contributed by atoms with Crippen LogP contribution in [0.4, 0.5) is 4.79 Å². The maximum atomic E-state index is 12.1. The average molecular weight is 258 g/mol. The summed E-state index contributed by atoms with van der Waals surface area (Å²) in [5.74, 6) is 0. The van der Waals surface area contributed by atoms with E-state index in [0.29, 0.717) is 13.1 Å². The summed E-state index contributed by atoms with van der Waals surface area (Å²) in [5, 5.41) is 12.7. The van der Waals surface area contributed by atoms with Gasteiger partial charge in [-0.25, -0.2) is 4.79 Å². The lowest BCUT2D eigenvalue weighted by Crippen LogP contribution is -2.51. The van der Waals surface area contributed by atoms with Crippen molar-refractivity contribution in [2.24, 2.45) is 0 Å². The molecule has 0 aromatic carbocycles. The molecular formula is C13H26N2O3. The van der Waals surface area contributed by atoms with Crippen molar-refractivity contribution in [3.63, 3.8) is 0 Å². The second kappa shape index (κ2) is 6.38. The summed E-state index contributed by atoms with van der Waals surface area (Å²) in [7, 11) is 0. The SMILES string of the molecule is CC(C)N(CC(C)(C)O)C(=O)NCC1CCCO1. The minimum Gasteiger partial charge on any atom is -0.389 e. The normalized spacial score (nSPS) is 20.2. The van der Waals surface area contributed by atoms with Crippen molar-refractivity contribution in [1.29, 1.82) is 0 Å². The average Bonchev–Trinajstić information content (AvgIpc) is 2.73. The lowest BCUT2D eigenvalue weighted by molar-refractivity contribution is 0.0377. The van der Waals surface area contributed by atoms with Gasteiger partial charge in [0, 0.05) is 19.2 Å². The second-order valence-corrected chi connectivity index (χ2v) is 5.86. The highest BCUT2D eigenvalue weighted by Crippen LogP contribution is 2.12. The van der Waals surface area contributed by atoms with Crippen LogP contribution in [0.5, 0.6) is 0 Å². The Hall–Kier alpha value is -0.810. The van der Waals surface area contributed by atoms with Gasteiger partial charge in [0.05, 0.1) is 18.2 Å². The van der Waals surface area contributed by atoms with Crippen LogP contribution in [0.25, 0.3) is 0 Å². The maximum Gasteiger partial charge on any atom is 0.317 e. The number of urea groups is 1. The van der Waals surface area contributed by atoms with Crippen molar-refractivity contribution in [3.05, 3.63) is 0 Å². The summed E-state index contributed by atoms with van der Waals surface area (Å²) in [6, 6.07) is -0.0800. The van der Waals surface area contributed by atoms with E-state index in [-0.39, 0.29) is 18.2 Å². The molecule has 0 radical (unpaired) electrons. The van der Waals surface area contributed by atoms with Crippen LogP contribution in [-0.2, 0) is 4.74 Å². The highest BCUT2D eigenvalue weighted by molar-refractivity contribution is 5.74. The molecule has 1 aliphatic rings. The van der Waals surface area contributed by atoms with Crippen LogP contribution in [0.2, 0.25) is 0 Å². The van der Waals surface area contributed by atoms with Crippen molar-refractivity contribution in [2.75, 3.05) is 19.7 Å². The first-order chi connectivity index (χ1) is 8.29. The van der Waals surface area contributed by atoms with E-state index in [9.17, 15) is 9.90 Å². The van der Waals surface area contributed by atoms with Gasteiger partial charge in [0.25, 0.3) is 0 Å². The molecular weight excluding hydrogens is 232 g/mol. The van der Waals surface area contributed by atoms with E-state index in [2.05, 4.69) is 5.32 Å². The van der Waals surface area contributed by atoms with Crippen LogP contribution in [0.15, 0.2) is 0 Å². The molecule has 0 aliphatic carbocycles. The summed E-state index contributed by atoms with van der Waals surface area (Å²) in [5.41, 5.74) is -0.883. The molecule has 106 valence electrons. The predicted molar refractivity (Wildman–Crippen MR) is 70.5 cm³/mol. The number of rotatable bonds is 5. The molecule has 5 heteroatoms. The van der Waals surface area contributed by atoms with Crippen molar-refractivity contribution in [1.82, 2.24) is 10.2 Å². The molecule has 18 heavy (non-hydrogen) atoms. The summed E-state index contributed by atoms with van der Waals surface area (Å²) < 4.78 is 5.46. The molecule has 0 saturated carbocycles. The standard InChI is InChI=1S/C13H26N2O3/c1-10(2)15(9-13(3,4)17)12(16)14-8-11-6-5-7-18-11/h10-11,17H,5-9H2,1-4H3,(H,14,16). The van der Waals surface area contributed by atoms with Crippen LogP contribution < -0.4 is 5.32 Å². The van der Waals surface area contributed by atoms with Gasteiger partial charge in [-0.15, -0.1) is 0 Å². The molecule has 1 atom stereocenters. The summed E-state index contributed by atoms with van der Waals surface area (Å²) in [6.45, 7) is 8.95. The third kappa shape index (κ3) is 5.23. The van der Waals surface area contributed by atoms with Crippen LogP contribution in [0.1, 0.15) is 40.5 Å². The minimum absolute atomic E-state index is 0.0564. The monoisotopic (exact) mass is 258 g/mol. The molecule has 2 N–H and O–H groups in total. The van der Waals surface area contributed by atoms with Gasteiger partial charge in [-0.2, -0.15) is 0 Å². The fraction of sp³-hybridized carbons (Fsp3) is 0.923. The molecule has 1 saturated heterocycles. The molecule has 1 aliphatic heterocycles. The zero-order valence-electron chi connectivity index (χ0n) is 11.9. The Labute approximate surface area is 109 Å². The number of carbonyl (C=O) groups is 1. The Balaban J connectivity index is 2.43. The first kappa shape index (κ1) is 15.2. The van der Waals surface area contributed by atoms with Crippen molar-refractivity contribution < 1.29 is 14.6 Å². The number of amides is 2. The number of hydrogen-bond acceptors (Lipinski definition) is 3. The van der Waals surface area contributed by atoms with Gasteiger partial charge < -0.3 is 20.1 Å². The summed E-state index contributed by atoms with van der Waals surface area (Å²) in [4.78, 5) is 13.7. The molecule has 0 spiro atoms. The molecule has 1 unspecified atom stereocenters. The van der Waals surface area contributed by atoms with Gasteiger partial charge in [-0.3, -0.25) is 0 Å². The Morgan fingerprint density at radius 3 is 2.67 bits per heavy atom. The van der Waals surface area contributed by atoms with Crippen molar-refractivity contribution >= 4 is 6.03 Å². The number of nitrogens with zero attached hydrogens (tertiary/aromatic N) is 1. The van der Waals surface area contributed by atoms with Gasteiger partial charge in [0.2, 0.25) is 0 Å². The first-order valence-corrected chi connectivity index (χ1v) is 6.68. The van der Waals surface area contributed by atoms with Crippen LogP contribution in [0, 0.1) is 0 Å². The van der Waals surface area contributed by atoms with E-state index in [1.54, 1.807) is 18.7 Å². The Morgan fingerprint density at radius 2 is 2.22 bits per heavy atom. The van der Waals surface area contributed by atoms with E-state index in [4.69, 9.17) is 4.74 Å². The van der Waals surface area contributed by atoms with Gasteiger partial charge >= 0.3 is 6.03 Å².